The molecule has 0 spiro atoms. The smallest absolute Gasteiger partial charge is 0.328 e. The van der Waals surface area contributed by atoms with Gasteiger partial charge in [0.05, 0.1) is 6.04 Å². The van der Waals surface area contributed by atoms with E-state index in [9.17, 15) is 14.4 Å². The number of aromatic nitrogens is 2. The summed E-state index contributed by atoms with van der Waals surface area (Å²) in [7, 11) is 0. The number of hydrogen-bond donors (Lipinski definition) is 2. The lowest BCUT2D eigenvalue weighted by atomic mass is 10.1. The first-order chi connectivity index (χ1) is 8.11. The second-order valence-electron chi connectivity index (χ2n) is 3.82. The van der Waals surface area contributed by atoms with E-state index in [0.717, 1.165) is 0 Å². The summed E-state index contributed by atoms with van der Waals surface area (Å²) in [6, 6.07) is 1.50. The molecular weight excluding hydrogens is 224 g/mol. The fourth-order valence-corrected chi connectivity index (χ4v) is 1.79. The second kappa shape index (κ2) is 4.25. The fraction of sp³-hybridized carbons (Fsp3) is 0.400. The Morgan fingerprint density at radius 1 is 1.41 bits per heavy atom. The highest BCUT2D eigenvalue weighted by Crippen LogP contribution is 2.14. The van der Waals surface area contributed by atoms with E-state index < -0.39 is 11.2 Å². The lowest BCUT2D eigenvalue weighted by Gasteiger charge is -2.23. The standard InChI is InChI=1S/C10H10N4O3/c11-3-6-5-14(10(17)13-9(6)16)7-1-2-8(15)12-4-7/h5,7H,1-2,4H2,(H,12,15)(H,13,16,17). The number of hydrogen-bond acceptors (Lipinski definition) is 4. The number of carbonyl (C=O) groups excluding carboxylic acids is 1. The number of nitrogens with one attached hydrogen (secondary N) is 2. The van der Waals surface area contributed by atoms with Crippen LogP contribution in [0.5, 0.6) is 0 Å². The first-order valence-electron chi connectivity index (χ1n) is 5.14. The lowest BCUT2D eigenvalue weighted by molar-refractivity contribution is -0.122. The number of rotatable bonds is 1. The summed E-state index contributed by atoms with van der Waals surface area (Å²) < 4.78 is 1.29. The third-order valence-corrected chi connectivity index (χ3v) is 2.72. The van der Waals surface area contributed by atoms with Crippen molar-refractivity contribution >= 4 is 5.91 Å². The summed E-state index contributed by atoms with van der Waals surface area (Å²) in [5.74, 6) is -0.0563. The zero-order valence-corrected chi connectivity index (χ0v) is 8.90. The van der Waals surface area contributed by atoms with Crippen LogP contribution in [0.1, 0.15) is 24.4 Å². The Bertz CT molecular complexity index is 597. The van der Waals surface area contributed by atoms with Crippen LogP contribution in [0.25, 0.3) is 0 Å². The van der Waals surface area contributed by atoms with Gasteiger partial charge in [0.2, 0.25) is 5.91 Å². The van der Waals surface area contributed by atoms with Crippen molar-refractivity contribution in [3.8, 4) is 6.07 Å². The summed E-state index contributed by atoms with van der Waals surface area (Å²) in [6.45, 7) is 0.329. The molecule has 2 rings (SSSR count). The minimum Gasteiger partial charge on any atom is -0.354 e. The minimum atomic E-state index is -0.686. The molecule has 1 saturated heterocycles. The van der Waals surface area contributed by atoms with E-state index >= 15 is 0 Å². The van der Waals surface area contributed by atoms with E-state index in [4.69, 9.17) is 5.26 Å². The van der Waals surface area contributed by atoms with Gasteiger partial charge in [0, 0.05) is 19.2 Å². The van der Waals surface area contributed by atoms with Crippen LogP contribution in [-0.4, -0.2) is 22.0 Å². The first kappa shape index (κ1) is 11.1. The molecule has 1 aliphatic rings. The van der Waals surface area contributed by atoms with E-state index in [1.807, 2.05) is 0 Å². The van der Waals surface area contributed by atoms with Crippen LogP contribution in [0.2, 0.25) is 0 Å². The molecule has 1 amide bonds. The van der Waals surface area contributed by atoms with Crippen molar-refractivity contribution in [3.05, 3.63) is 32.6 Å². The predicted octanol–water partition coefficient (Wildman–Crippen LogP) is -1.14. The maximum atomic E-state index is 11.6. The van der Waals surface area contributed by atoms with E-state index in [0.29, 0.717) is 19.4 Å². The summed E-state index contributed by atoms with van der Waals surface area (Å²) in [4.78, 5) is 35.8. The molecule has 0 radical (unpaired) electrons. The molecule has 0 bridgehead atoms. The van der Waals surface area contributed by atoms with Gasteiger partial charge in [0.25, 0.3) is 5.56 Å². The van der Waals surface area contributed by atoms with Crippen molar-refractivity contribution in [3.63, 3.8) is 0 Å². The van der Waals surface area contributed by atoms with Gasteiger partial charge < -0.3 is 5.32 Å². The van der Waals surface area contributed by atoms with Crippen molar-refractivity contribution in [2.75, 3.05) is 6.54 Å². The van der Waals surface area contributed by atoms with Crippen molar-refractivity contribution in [2.45, 2.75) is 18.9 Å². The van der Waals surface area contributed by atoms with Crippen LogP contribution in [0.4, 0.5) is 0 Å². The van der Waals surface area contributed by atoms with Gasteiger partial charge in [-0.1, -0.05) is 0 Å². The van der Waals surface area contributed by atoms with Crippen molar-refractivity contribution in [1.29, 1.82) is 5.26 Å². The Morgan fingerprint density at radius 2 is 2.18 bits per heavy atom. The topological polar surface area (TPSA) is 108 Å². The third kappa shape index (κ3) is 2.10. The summed E-state index contributed by atoms with van der Waals surface area (Å²) in [5, 5.41) is 11.4. The highest BCUT2D eigenvalue weighted by molar-refractivity contribution is 5.76. The van der Waals surface area contributed by atoms with E-state index in [-0.39, 0.29) is 17.5 Å². The number of nitrogens with zero attached hydrogens (tertiary/aromatic N) is 2. The molecule has 2 heterocycles. The molecule has 1 aliphatic heterocycles. The third-order valence-electron chi connectivity index (χ3n) is 2.72. The molecule has 2 N–H and O–H groups in total. The van der Waals surface area contributed by atoms with Crippen molar-refractivity contribution < 1.29 is 4.79 Å². The fourth-order valence-electron chi connectivity index (χ4n) is 1.79. The average molecular weight is 234 g/mol. The number of carbonyl (C=O) groups is 1. The number of amides is 1. The average Bonchev–Trinajstić information content (AvgIpc) is 2.31. The normalized spacial score (nSPS) is 19.5. The monoisotopic (exact) mass is 234 g/mol. The Labute approximate surface area is 95.7 Å². The predicted molar refractivity (Wildman–Crippen MR) is 57.3 cm³/mol. The highest BCUT2D eigenvalue weighted by Gasteiger charge is 2.21. The van der Waals surface area contributed by atoms with Crippen LogP contribution in [0.15, 0.2) is 15.8 Å². The van der Waals surface area contributed by atoms with Gasteiger partial charge in [-0.05, 0) is 6.42 Å². The lowest BCUT2D eigenvalue weighted by Crippen LogP contribution is -2.41. The molecular formula is C10H10N4O3. The van der Waals surface area contributed by atoms with Crippen LogP contribution in [0, 0.1) is 11.3 Å². The Kier molecular flexibility index (Phi) is 2.78. The maximum Gasteiger partial charge on any atom is 0.328 e. The van der Waals surface area contributed by atoms with Gasteiger partial charge in [-0.3, -0.25) is 19.1 Å². The van der Waals surface area contributed by atoms with Crippen LogP contribution in [-0.2, 0) is 4.79 Å². The minimum absolute atomic E-state index is 0.0563. The molecule has 1 unspecified atom stereocenters. The van der Waals surface area contributed by atoms with Gasteiger partial charge >= 0.3 is 5.69 Å². The molecule has 7 heteroatoms. The van der Waals surface area contributed by atoms with Gasteiger partial charge in [0.15, 0.2) is 0 Å². The quantitative estimate of drug-likeness (QED) is 0.640. The van der Waals surface area contributed by atoms with E-state index in [1.165, 1.54) is 10.8 Å². The van der Waals surface area contributed by atoms with Crippen LogP contribution in [0.3, 0.4) is 0 Å². The molecule has 7 nitrogen and oxygen atoms in total. The zero-order valence-electron chi connectivity index (χ0n) is 8.90. The summed E-state index contributed by atoms with van der Waals surface area (Å²) >= 11 is 0. The largest absolute Gasteiger partial charge is 0.354 e. The molecule has 1 fully saturated rings. The van der Waals surface area contributed by atoms with E-state index in [1.54, 1.807) is 6.07 Å². The number of H-pyrrole nitrogens is 1. The molecule has 1 aromatic rings. The molecule has 17 heavy (non-hydrogen) atoms. The molecule has 0 saturated carbocycles. The zero-order chi connectivity index (χ0) is 12.4. The van der Waals surface area contributed by atoms with Crippen LogP contribution >= 0.6 is 0 Å². The summed E-state index contributed by atoms with van der Waals surface area (Å²) in [6.07, 6.45) is 2.09. The SMILES string of the molecule is N#Cc1cn(C2CCC(=O)NC2)c(=O)[nH]c1=O. The van der Waals surface area contributed by atoms with Crippen molar-refractivity contribution in [2.24, 2.45) is 0 Å². The molecule has 88 valence electrons. The maximum absolute atomic E-state index is 11.6. The van der Waals surface area contributed by atoms with Gasteiger partial charge in [-0.2, -0.15) is 5.26 Å². The number of piperidine rings is 1. The molecule has 0 aromatic carbocycles. The molecule has 1 aromatic heterocycles. The number of aromatic amines is 1. The number of nitriles is 1. The van der Waals surface area contributed by atoms with Gasteiger partial charge in [0.1, 0.15) is 11.6 Å². The Hall–Kier alpha value is -2.36. The first-order valence-corrected chi connectivity index (χ1v) is 5.14. The molecule has 0 aliphatic carbocycles. The molecule has 1 atom stereocenters. The van der Waals surface area contributed by atoms with Crippen LogP contribution < -0.4 is 16.6 Å². The van der Waals surface area contributed by atoms with Crippen molar-refractivity contribution in [1.82, 2.24) is 14.9 Å². The highest BCUT2D eigenvalue weighted by atomic mass is 16.2. The van der Waals surface area contributed by atoms with Gasteiger partial charge in [-0.15, -0.1) is 0 Å². The van der Waals surface area contributed by atoms with Gasteiger partial charge in [-0.25, -0.2) is 4.79 Å². The Balaban J connectivity index is 2.39. The van der Waals surface area contributed by atoms with E-state index in [2.05, 4.69) is 10.3 Å². The Morgan fingerprint density at radius 3 is 2.76 bits per heavy atom. The second-order valence-corrected chi connectivity index (χ2v) is 3.82. The summed E-state index contributed by atoms with van der Waals surface area (Å²) in [5.41, 5.74) is -1.36.